The van der Waals surface area contributed by atoms with Crippen LogP contribution in [0.3, 0.4) is 0 Å². The van der Waals surface area contributed by atoms with E-state index in [0.717, 1.165) is 5.56 Å². The zero-order valence-corrected chi connectivity index (χ0v) is 12.5. The Balaban J connectivity index is 3.03. The molecule has 1 rings (SSSR count). The summed E-state index contributed by atoms with van der Waals surface area (Å²) in [5, 5.41) is 12.4. The number of carboxylic acids is 1. The molecule has 0 aliphatic rings. The van der Waals surface area contributed by atoms with Gasteiger partial charge in [-0.1, -0.05) is 52.0 Å². The van der Waals surface area contributed by atoms with Crippen molar-refractivity contribution in [3.8, 4) is 0 Å². The van der Waals surface area contributed by atoms with Crippen LogP contribution in [-0.2, 0) is 10.2 Å². The average Bonchev–Trinajstić information content (AvgIpc) is 2.34. The zero-order valence-electron chi connectivity index (χ0n) is 12.5. The highest BCUT2D eigenvalue weighted by Crippen LogP contribution is 2.28. The topological polar surface area (TPSA) is 49.3 Å². The van der Waals surface area contributed by atoms with Crippen molar-refractivity contribution in [2.45, 2.75) is 45.6 Å². The van der Waals surface area contributed by atoms with Gasteiger partial charge in [0.1, 0.15) is 0 Å². The molecule has 0 aliphatic heterocycles. The lowest BCUT2D eigenvalue weighted by Gasteiger charge is -2.25. The van der Waals surface area contributed by atoms with E-state index in [1.165, 1.54) is 5.56 Å². The van der Waals surface area contributed by atoms with Crippen molar-refractivity contribution in [3.05, 3.63) is 35.4 Å². The Kier molecular flexibility index (Phi) is 5.12. The molecule has 2 N–H and O–H groups in total. The maximum Gasteiger partial charge on any atom is 0.308 e. The van der Waals surface area contributed by atoms with E-state index in [2.05, 4.69) is 38.2 Å². The monoisotopic (exact) mass is 263 g/mol. The molecule has 106 valence electrons. The minimum atomic E-state index is -0.748. The summed E-state index contributed by atoms with van der Waals surface area (Å²) in [4.78, 5) is 11.3. The Labute approximate surface area is 116 Å². The summed E-state index contributed by atoms with van der Waals surface area (Å²) in [6, 6.07) is 8.11. The Morgan fingerprint density at radius 2 is 1.79 bits per heavy atom. The first kappa shape index (κ1) is 15.7. The molecule has 0 heterocycles. The fourth-order valence-corrected chi connectivity index (χ4v) is 2.34. The molecule has 0 aromatic heterocycles. The highest BCUT2D eigenvalue weighted by molar-refractivity contribution is 5.71. The van der Waals surface area contributed by atoms with E-state index in [9.17, 15) is 9.90 Å². The molecule has 0 amide bonds. The van der Waals surface area contributed by atoms with Crippen LogP contribution in [0.5, 0.6) is 0 Å². The zero-order chi connectivity index (χ0) is 14.6. The second-order valence-electron chi connectivity index (χ2n) is 5.99. The lowest BCUT2D eigenvalue weighted by atomic mass is 9.84. The maximum absolute atomic E-state index is 11.3. The van der Waals surface area contributed by atoms with E-state index >= 15 is 0 Å². The van der Waals surface area contributed by atoms with Crippen molar-refractivity contribution >= 4 is 5.97 Å². The van der Waals surface area contributed by atoms with Crippen molar-refractivity contribution in [2.75, 3.05) is 7.05 Å². The third-order valence-electron chi connectivity index (χ3n) is 3.61. The summed E-state index contributed by atoms with van der Waals surface area (Å²) in [7, 11) is 1.81. The summed E-state index contributed by atoms with van der Waals surface area (Å²) >= 11 is 0. The maximum atomic E-state index is 11.3. The molecule has 1 aromatic rings. The van der Waals surface area contributed by atoms with E-state index in [1.807, 2.05) is 26.1 Å². The van der Waals surface area contributed by atoms with Crippen molar-refractivity contribution in [1.82, 2.24) is 5.32 Å². The molecule has 0 fully saturated rings. The molecular formula is C16H25NO2. The van der Waals surface area contributed by atoms with Gasteiger partial charge in [-0.3, -0.25) is 4.79 Å². The quantitative estimate of drug-likeness (QED) is 0.856. The lowest BCUT2D eigenvalue weighted by molar-refractivity contribution is -0.143. The molecule has 19 heavy (non-hydrogen) atoms. The number of rotatable bonds is 5. The first-order valence-corrected chi connectivity index (χ1v) is 6.81. The van der Waals surface area contributed by atoms with E-state index in [0.29, 0.717) is 6.42 Å². The van der Waals surface area contributed by atoms with Crippen molar-refractivity contribution in [2.24, 2.45) is 5.92 Å². The van der Waals surface area contributed by atoms with E-state index in [4.69, 9.17) is 0 Å². The summed E-state index contributed by atoms with van der Waals surface area (Å²) in [5.74, 6) is -1.15. The molecule has 0 saturated carbocycles. The summed E-state index contributed by atoms with van der Waals surface area (Å²) in [5.41, 5.74) is 2.41. The van der Waals surface area contributed by atoms with Crippen molar-refractivity contribution < 1.29 is 9.90 Å². The van der Waals surface area contributed by atoms with Gasteiger partial charge in [0.25, 0.3) is 0 Å². The Bertz CT molecular complexity index is 417. The summed E-state index contributed by atoms with van der Waals surface area (Å²) < 4.78 is 0. The molecule has 1 aromatic carbocycles. The van der Waals surface area contributed by atoms with Gasteiger partial charge in [-0.15, -0.1) is 0 Å². The van der Waals surface area contributed by atoms with Crippen LogP contribution < -0.4 is 5.32 Å². The van der Waals surface area contributed by atoms with Crippen LogP contribution >= 0.6 is 0 Å². The molecule has 3 heteroatoms. The van der Waals surface area contributed by atoms with Crippen LogP contribution in [0.15, 0.2) is 24.3 Å². The predicted molar refractivity (Wildman–Crippen MR) is 78.4 cm³/mol. The SMILES string of the molecule is CCC(C(=O)O)C(NC)c1ccc(C(C)(C)C)cc1. The van der Waals surface area contributed by atoms with Crippen LogP contribution in [0.4, 0.5) is 0 Å². The molecule has 0 bridgehead atoms. The second kappa shape index (κ2) is 6.20. The minimum Gasteiger partial charge on any atom is -0.481 e. The van der Waals surface area contributed by atoms with Gasteiger partial charge < -0.3 is 10.4 Å². The number of aliphatic carboxylic acids is 1. The number of benzene rings is 1. The van der Waals surface area contributed by atoms with Crippen molar-refractivity contribution in [1.29, 1.82) is 0 Å². The standard InChI is InChI=1S/C16H25NO2/c1-6-13(15(18)19)14(17-5)11-7-9-12(10-8-11)16(2,3)4/h7-10,13-14,17H,6H2,1-5H3,(H,18,19). The normalized spacial score (nSPS) is 15.0. The van der Waals surface area contributed by atoms with Gasteiger partial charge in [-0.2, -0.15) is 0 Å². The molecular weight excluding hydrogens is 238 g/mol. The largest absolute Gasteiger partial charge is 0.481 e. The van der Waals surface area contributed by atoms with Gasteiger partial charge in [-0.05, 0) is 30.0 Å². The van der Waals surface area contributed by atoms with Crippen LogP contribution in [0.25, 0.3) is 0 Å². The first-order valence-electron chi connectivity index (χ1n) is 6.81. The molecule has 0 radical (unpaired) electrons. The first-order chi connectivity index (χ1) is 8.81. The minimum absolute atomic E-state index is 0.116. The number of nitrogens with one attached hydrogen (secondary N) is 1. The molecule has 0 saturated heterocycles. The van der Waals surface area contributed by atoms with Crippen molar-refractivity contribution in [3.63, 3.8) is 0 Å². The highest BCUT2D eigenvalue weighted by Gasteiger charge is 2.26. The van der Waals surface area contributed by atoms with Gasteiger partial charge in [0, 0.05) is 6.04 Å². The Morgan fingerprint density at radius 1 is 1.26 bits per heavy atom. The fraction of sp³-hybridized carbons (Fsp3) is 0.562. The molecule has 2 atom stereocenters. The van der Waals surface area contributed by atoms with Gasteiger partial charge in [0.05, 0.1) is 5.92 Å². The number of carboxylic acid groups (broad SMARTS) is 1. The van der Waals surface area contributed by atoms with Gasteiger partial charge in [-0.25, -0.2) is 0 Å². The third kappa shape index (κ3) is 3.80. The molecule has 0 aliphatic carbocycles. The molecule has 3 nitrogen and oxygen atoms in total. The number of hydrogen-bond acceptors (Lipinski definition) is 2. The van der Waals surface area contributed by atoms with Gasteiger partial charge in [0.2, 0.25) is 0 Å². The van der Waals surface area contributed by atoms with Gasteiger partial charge in [0.15, 0.2) is 0 Å². The van der Waals surface area contributed by atoms with Crippen LogP contribution in [0.2, 0.25) is 0 Å². The lowest BCUT2D eigenvalue weighted by Crippen LogP contribution is -2.30. The Morgan fingerprint density at radius 3 is 2.11 bits per heavy atom. The third-order valence-corrected chi connectivity index (χ3v) is 3.61. The van der Waals surface area contributed by atoms with E-state index in [-0.39, 0.29) is 11.5 Å². The summed E-state index contributed by atoms with van der Waals surface area (Å²) in [6.07, 6.45) is 0.613. The van der Waals surface area contributed by atoms with Crippen LogP contribution in [-0.4, -0.2) is 18.1 Å². The second-order valence-corrected chi connectivity index (χ2v) is 5.99. The smallest absolute Gasteiger partial charge is 0.308 e. The number of hydrogen-bond donors (Lipinski definition) is 2. The molecule has 0 spiro atoms. The van der Waals surface area contributed by atoms with Gasteiger partial charge >= 0.3 is 5.97 Å². The average molecular weight is 263 g/mol. The van der Waals surface area contributed by atoms with Crippen LogP contribution in [0.1, 0.15) is 51.3 Å². The predicted octanol–water partition coefficient (Wildman–Crippen LogP) is 3.36. The fourth-order valence-electron chi connectivity index (χ4n) is 2.34. The Hall–Kier alpha value is -1.35. The summed E-state index contributed by atoms with van der Waals surface area (Å²) in [6.45, 7) is 8.42. The molecule has 2 unspecified atom stereocenters. The van der Waals surface area contributed by atoms with E-state index < -0.39 is 11.9 Å². The highest BCUT2D eigenvalue weighted by atomic mass is 16.4. The van der Waals surface area contributed by atoms with Crippen LogP contribution in [0, 0.1) is 5.92 Å². The number of carbonyl (C=O) groups is 1. The van der Waals surface area contributed by atoms with E-state index in [1.54, 1.807) is 0 Å².